The van der Waals surface area contributed by atoms with Crippen LogP contribution in [0.5, 0.6) is 0 Å². The summed E-state index contributed by atoms with van der Waals surface area (Å²) in [4.78, 5) is 14.7. The number of halogens is 1. The van der Waals surface area contributed by atoms with E-state index in [1.54, 1.807) is 0 Å². The normalized spacial score (nSPS) is 14.2. The highest BCUT2D eigenvalue weighted by Gasteiger charge is 2.16. The smallest absolute Gasteiger partial charge is 0.255 e. The van der Waals surface area contributed by atoms with Gasteiger partial charge >= 0.3 is 0 Å². The van der Waals surface area contributed by atoms with E-state index in [0.29, 0.717) is 5.56 Å². The summed E-state index contributed by atoms with van der Waals surface area (Å²) in [5, 5.41) is 3.05. The number of rotatable bonds is 3. The van der Waals surface area contributed by atoms with Gasteiger partial charge in [-0.3, -0.25) is 4.79 Å². The lowest BCUT2D eigenvalue weighted by Gasteiger charge is -2.21. The number of amides is 1. The van der Waals surface area contributed by atoms with Crippen molar-refractivity contribution in [1.29, 1.82) is 0 Å². The zero-order chi connectivity index (χ0) is 14.7. The molecule has 3 rings (SSSR count). The van der Waals surface area contributed by atoms with Crippen molar-refractivity contribution in [3.8, 4) is 0 Å². The summed E-state index contributed by atoms with van der Waals surface area (Å²) in [7, 11) is 0. The van der Waals surface area contributed by atoms with E-state index in [-0.39, 0.29) is 5.91 Å². The van der Waals surface area contributed by atoms with E-state index >= 15 is 0 Å². The van der Waals surface area contributed by atoms with E-state index < -0.39 is 0 Å². The van der Waals surface area contributed by atoms with Crippen LogP contribution in [-0.2, 0) is 0 Å². The van der Waals surface area contributed by atoms with Crippen LogP contribution in [0.3, 0.4) is 0 Å². The zero-order valence-electron chi connectivity index (χ0n) is 11.7. The molecule has 0 aliphatic carbocycles. The standard InChI is InChI=1S/C17H17IN2O/c18-14-7-5-6-13(12-14)17(21)19-15-8-1-2-9-16(15)20-10-3-4-11-20/h1-2,5-9,12H,3-4,10-11H2,(H,19,21). The molecule has 1 heterocycles. The van der Waals surface area contributed by atoms with Crippen LogP contribution < -0.4 is 10.2 Å². The van der Waals surface area contributed by atoms with Gasteiger partial charge in [0, 0.05) is 22.2 Å². The Morgan fingerprint density at radius 1 is 1.05 bits per heavy atom. The second-order valence-electron chi connectivity index (χ2n) is 5.18. The predicted molar refractivity (Wildman–Crippen MR) is 95.0 cm³/mol. The molecule has 0 atom stereocenters. The van der Waals surface area contributed by atoms with Gasteiger partial charge in [-0.1, -0.05) is 18.2 Å². The van der Waals surface area contributed by atoms with E-state index in [9.17, 15) is 4.79 Å². The summed E-state index contributed by atoms with van der Waals surface area (Å²) in [5.41, 5.74) is 2.70. The molecule has 1 N–H and O–H groups in total. The molecule has 1 saturated heterocycles. The molecule has 1 fully saturated rings. The highest BCUT2D eigenvalue weighted by Crippen LogP contribution is 2.29. The first-order valence-corrected chi connectivity index (χ1v) is 8.23. The van der Waals surface area contributed by atoms with Gasteiger partial charge < -0.3 is 10.2 Å². The van der Waals surface area contributed by atoms with Gasteiger partial charge in [-0.2, -0.15) is 0 Å². The van der Waals surface area contributed by atoms with Gasteiger partial charge in [0.25, 0.3) is 5.91 Å². The van der Waals surface area contributed by atoms with Gasteiger partial charge in [0.05, 0.1) is 11.4 Å². The second kappa shape index (κ2) is 6.47. The molecular weight excluding hydrogens is 375 g/mol. The number of anilines is 2. The topological polar surface area (TPSA) is 32.3 Å². The molecule has 1 amide bonds. The molecule has 4 heteroatoms. The van der Waals surface area contributed by atoms with Crippen LogP contribution in [0.15, 0.2) is 48.5 Å². The van der Waals surface area contributed by atoms with Crippen molar-refractivity contribution in [3.05, 3.63) is 57.7 Å². The van der Waals surface area contributed by atoms with Crippen LogP contribution in [0.25, 0.3) is 0 Å². The first kappa shape index (κ1) is 14.4. The molecule has 0 radical (unpaired) electrons. The lowest BCUT2D eigenvalue weighted by atomic mass is 10.2. The number of hydrogen-bond donors (Lipinski definition) is 1. The molecule has 0 unspecified atom stereocenters. The number of hydrogen-bond acceptors (Lipinski definition) is 2. The first-order valence-electron chi connectivity index (χ1n) is 7.15. The minimum absolute atomic E-state index is 0.0554. The average Bonchev–Trinajstić information content (AvgIpc) is 3.02. The molecule has 0 spiro atoms. The highest BCUT2D eigenvalue weighted by atomic mass is 127. The van der Waals surface area contributed by atoms with Crippen LogP contribution in [0.4, 0.5) is 11.4 Å². The Morgan fingerprint density at radius 3 is 2.57 bits per heavy atom. The third kappa shape index (κ3) is 3.37. The summed E-state index contributed by atoms with van der Waals surface area (Å²) >= 11 is 2.22. The maximum Gasteiger partial charge on any atom is 0.255 e. The molecule has 0 bridgehead atoms. The number of carbonyl (C=O) groups excluding carboxylic acids is 1. The number of nitrogens with zero attached hydrogens (tertiary/aromatic N) is 1. The molecule has 2 aromatic carbocycles. The maximum absolute atomic E-state index is 12.4. The average molecular weight is 392 g/mol. The number of benzene rings is 2. The van der Waals surface area contributed by atoms with Gasteiger partial charge in [0.2, 0.25) is 0 Å². The van der Waals surface area contributed by atoms with Crippen LogP contribution in [0.1, 0.15) is 23.2 Å². The fraction of sp³-hybridized carbons (Fsp3) is 0.235. The molecule has 3 nitrogen and oxygen atoms in total. The Morgan fingerprint density at radius 2 is 1.81 bits per heavy atom. The van der Waals surface area contributed by atoms with E-state index in [1.807, 2.05) is 42.5 Å². The first-order chi connectivity index (χ1) is 10.2. The van der Waals surface area contributed by atoms with Gasteiger partial charge in [-0.25, -0.2) is 0 Å². The van der Waals surface area contributed by atoms with Crippen molar-refractivity contribution in [1.82, 2.24) is 0 Å². The predicted octanol–water partition coefficient (Wildman–Crippen LogP) is 4.14. The minimum Gasteiger partial charge on any atom is -0.370 e. The van der Waals surface area contributed by atoms with E-state index in [0.717, 1.165) is 28.0 Å². The Labute approximate surface area is 138 Å². The van der Waals surface area contributed by atoms with Crippen molar-refractivity contribution in [2.75, 3.05) is 23.3 Å². The Hall–Kier alpha value is -1.56. The number of para-hydroxylation sites is 2. The SMILES string of the molecule is O=C(Nc1ccccc1N1CCCC1)c1cccc(I)c1. The molecular formula is C17H17IN2O. The van der Waals surface area contributed by atoms with Crippen LogP contribution in [-0.4, -0.2) is 19.0 Å². The van der Waals surface area contributed by atoms with Gasteiger partial charge in [0.1, 0.15) is 0 Å². The summed E-state index contributed by atoms with van der Waals surface area (Å²) in [5.74, 6) is -0.0554. The van der Waals surface area contributed by atoms with E-state index in [2.05, 4.69) is 38.9 Å². The van der Waals surface area contributed by atoms with E-state index in [1.165, 1.54) is 12.8 Å². The summed E-state index contributed by atoms with van der Waals surface area (Å²) in [6.07, 6.45) is 2.44. The van der Waals surface area contributed by atoms with Crippen molar-refractivity contribution in [2.45, 2.75) is 12.8 Å². The Balaban J connectivity index is 1.83. The zero-order valence-corrected chi connectivity index (χ0v) is 13.8. The molecule has 108 valence electrons. The van der Waals surface area contributed by atoms with Gasteiger partial charge in [0.15, 0.2) is 0 Å². The van der Waals surface area contributed by atoms with Crippen LogP contribution >= 0.6 is 22.6 Å². The largest absolute Gasteiger partial charge is 0.370 e. The van der Waals surface area contributed by atoms with Crippen LogP contribution in [0.2, 0.25) is 0 Å². The molecule has 1 aliphatic heterocycles. The summed E-state index contributed by atoms with van der Waals surface area (Å²) in [6.45, 7) is 2.13. The fourth-order valence-electron chi connectivity index (χ4n) is 2.64. The van der Waals surface area contributed by atoms with Gasteiger partial charge in [-0.05, 0) is 65.8 Å². The summed E-state index contributed by atoms with van der Waals surface area (Å²) < 4.78 is 1.06. The van der Waals surface area contributed by atoms with Crippen molar-refractivity contribution < 1.29 is 4.79 Å². The maximum atomic E-state index is 12.4. The molecule has 1 aliphatic rings. The third-order valence-electron chi connectivity index (χ3n) is 3.69. The lowest BCUT2D eigenvalue weighted by Crippen LogP contribution is -2.21. The molecule has 0 saturated carbocycles. The monoisotopic (exact) mass is 392 g/mol. The Bertz CT molecular complexity index is 651. The minimum atomic E-state index is -0.0554. The molecule has 0 aromatic heterocycles. The second-order valence-corrected chi connectivity index (χ2v) is 6.42. The van der Waals surface area contributed by atoms with E-state index in [4.69, 9.17) is 0 Å². The van der Waals surface area contributed by atoms with Gasteiger partial charge in [-0.15, -0.1) is 0 Å². The summed E-state index contributed by atoms with van der Waals surface area (Å²) in [6, 6.07) is 15.7. The fourth-order valence-corrected chi connectivity index (χ4v) is 3.18. The number of nitrogens with one attached hydrogen (secondary N) is 1. The lowest BCUT2D eigenvalue weighted by molar-refractivity contribution is 0.102. The van der Waals surface area contributed by atoms with Crippen molar-refractivity contribution in [2.24, 2.45) is 0 Å². The molecule has 21 heavy (non-hydrogen) atoms. The van der Waals surface area contributed by atoms with Crippen LogP contribution in [0, 0.1) is 3.57 Å². The molecule has 2 aromatic rings. The third-order valence-corrected chi connectivity index (χ3v) is 4.36. The Kier molecular flexibility index (Phi) is 4.43. The quantitative estimate of drug-likeness (QED) is 0.797. The van der Waals surface area contributed by atoms with Crippen molar-refractivity contribution in [3.63, 3.8) is 0 Å². The highest BCUT2D eigenvalue weighted by molar-refractivity contribution is 14.1. The van der Waals surface area contributed by atoms with Crippen molar-refractivity contribution >= 4 is 39.9 Å². The number of carbonyl (C=O) groups is 1.